The molecule has 0 aromatic heterocycles. The molecule has 1 aliphatic rings. The maximum atomic E-state index is 5.60. The van der Waals surface area contributed by atoms with E-state index in [0.29, 0.717) is 5.84 Å². The van der Waals surface area contributed by atoms with E-state index >= 15 is 0 Å². The molecule has 0 unspecified atom stereocenters. The number of rotatable bonds is 2. The molecule has 4 N–H and O–H groups in total. The van der Waals surface area contributed by atoms with Crippen LogP contribution in [0.2, 0.25) is 0 Å². The van der Waals surface area contributed by atoms with Crippen LogP contribution < -0.4 is 16.4 Å². The number of hydrogen-bond donors (Lipinski definition) is 3. The van der Waals surface area contributed by atoms with E-state index < -0.39 is 0 Å². The molecule has 5 heteroatoms. The average Bonchev–Trinajstić information content (AvgIpc) is 2.53. The number of nitrogens with zero attached hydrogens (tertiary/aromatic N) is 1. The van der Waals surface area contributed by atoms with Gasteiger partial charge in [-0.2, -0.15) is 0 Å². The van der Waals surface area contributed by atoms with Crippen molar-refractivity contribution in [1.29, 1.82) is 0 Å². The van der Waals surface area contributed by atoms with Crippen LogP contribution in [0.3, 0.4) is 0 Å². The van der Waals surface area contributed by atoms with Gasteiger partial charge in [-0.15, -0.1) is 11.6 Å². The van der Waals surface area contributed by atoms with Crippen LogP contribution in [0.15, 0.2) is 23.2 Å². The van der Waals surface area contributed by atoms with E-state index in [1.54, 1.807) is 0 Å². The van der Waals surface area contributed by atoms with E-state index in [0.717, 1.165) is 31.0 Å². The number of anilines is 1. The van der Waals surface area contributed by atoms with Crippen LogP contribution in [0, 0.1) is 0 Å². The number of amidine groups is 1. The molecule has 1 aromatic rings. The summed E-state index contributed by atoms with van der Waals surface area (Å²) in [5.74, 6) is 0.694. The van der Waals surface area contributed by atoms with Crippen LogP contribution in [0.4, 0.5) is 11.4 Å². The number of halogens is 1. The van der Waals surface area contributed by atoms with Gasteiger partial charge in [-0.1, -0.05) is 6.07 Å². The molecule has 0 bridgehead atoms. The summed E-state index contributed by atoms with van der Waals surface area (Å²) in [4.78, 5) is 4.22. The van der Waals surface area contributed by atoms with Crippen molar-refractivity contribution in [3.8, 4) is 0 Å². The van der Waals surface area contributed by atoms with Crippen LogP contribution in [0.25, 0.3) is 0 Å². The minimum absolute atomic E-state index is 0.256. The lowest BCUT2D eigenvalue weighted by molar-refractivity contribution is 0.725. The van der Waals surface area contributed by atoms with Crippen LogP contribution in [0.5, 0.6) is 0 Å². The second-order valence-corrected chi connectivity index (χ2v) is 3.95. The van der Waals surface area contributed by atoms with Crippen molar-refractivity contribution in [3.63, 3.8) is 0 Å². The summed E-state index contributed by atoms with van der Waals surface area (Å²) < 4.78 is 0. The molecule has 1 aromatic carbocycles. The Bertz CT molecular complexity index is 403. The summed E-state index contributed by atoms with van der Waals surface area (Å²) in [6, 6.07) is 6.01. The molecular weight excluding hydrogens is 224 g/mol. The first-order valence-corrected chi connectivity index (χ1v) is 5.79. The minimum Gasteiger partial charge on any atom is -0.386 e. The molecular formula is C11H15ClN4. The highest BCUT2D eigenvalue weighted by atomic mass is 35.5. The summed E-state index contributed by atoms with van der Waals surface area (Å²) in [5.41, 5.74) is 8.81. The molecule has 1 aliphatic heterocycles. The summed E-state index contributed by atoms with van der Waals surface area (Å²) in [6.45, 7) is 2.78. The predicted molar refractivity (Wildman–Crippen MR) is 68.6 cm³/mol. The van der Waals surface area contributed by atoms with Crippen LogP contribution in [0.1, 0.15) is 5.56 Å². The molecule has 0 spiro atoms. The molecule has 2 rings (SSSR count). The Morgan fingerprint density at radius 2 is 2.31 bits per heavy atom. The Balaban J connectivity index is 2.27. The fourth-order valence-corrected chi connectivity index (χ4v) is 1.72. The topological polar surface area (TPSA) is 62.4 Å². The van der Waals surface area contributed by atoms with E-state index in [1.807, 2.05) is 12.1 Å². The average molecular weight is 239 g/mol. The van der Waals surface area contributed by atoms with Gasteiger partial charge in [-0.05, 0) is 17.7 Å². The van der Waals surface area contributed by atoms with Gasteiger partial charge in [0.25, 0.3) is 0 Å². The van der Waals surface area contributed by atoms with Crippen molar-refractivity contribution in [2.45, 2.75) is 6.54 Å². The third-order valence-corrected chi connectivity index (χ3v) is 2.71. The SMILES string of the molecule is NC(CCl)=Nc1ccc2c(c1)NCCNC2. The zero-order chi connectivity index (χ0) is 11.4. The highest BCUT2D eigenvalue weighted by Crippen LogP contribution is 2.23. The molecule has 0 amide bonds. The number of nitrogens with two attached hydrogens (primary N) is 1. The second kappa shape index (κ2) is 5.18. The molecule has 0 saturated carbocycles. The lowest BCUT2D eigenvalue weighted by Gasteiger charge is -2.07. The quantitative estimate of drug-likeness (QED) is 0.415. The predicted octanol–water partition coefficient (Wildman–Crippen LogP) is 1.43. The van der Waals surface area contributed by atoms with Gasteiger partial charge in [0, 0.05) is 25.3 Å². The molecule has 0 atom stereocenters. The number of benzene rings is 1. The Kier molecular flexibility index (Phi) is 3.64. The number of alkyl halides is 1. The fourth-order valence-electron chi connectivity index (χ4n) is 1.66. The van der Waals surface area contributed by atoms with Crippen molar-refractivity contribution in [3.05, 3.63) is 23.8 Å². The molecule has 0 radical (unpaired) electrons. The van der Waals surface area contributed by atoms with Gasteiger partial charge in [-0.3, -0.25) is 0 Å². The van der Waals surface area contributed by atoms with Gasteiger partial charge in [-0.25, -0.2) is 4.99 Å². The third-order valence-electron chi connectivity index (χ3n) is 2.44. The zero-order valence-corrected chi connectivity index (χ0v) is 9.72. The Labute approximate surface area is 99.9 Å². The molecule has 16 heavy (non-hydrogen) atoms. The van der Waals surface area contributed by atoms with Crippen molar-refractivity contribution < 1.29 is 0 Å². The maximum Gasteiger partial charge on any atom is 0.115 e. The first kappa shape index (κ1) is 11.2. The third kappa shape index (κ3) is 2.65. The first-order chi connectivity index (χ1) is 7.79. The van der Waals surface area contributed by atoms with E-state index in [-0.39, 0.29) is 5.88 Å². The lowest BCUT2D eigenvalue weighted by Crippen LogP contribution is -2.16. The van der Waals surface area contributed by atoms with Crippen molar-refractivity contribution >= 4 is 28.8 Å². The van der Waals surface area contributed by atoms with Crippen LogP contribution >= 0.6 is 11.6 Å². The lowest BCUT2D eigenvalue weighted by atomic mass is 10.1. The van der Waals surface area contributed by atoms with E-state index in [9.17, 15) is 0 Å². The van der Waals surface area contributed by atoms with E-state index in [1.165, 1.54) is 5.56 Å². The zero-order valence-electron chi connectivity index (χ0n) is 8.96. The van der Waals surface area contributed by atoms with Crippen LogP contribution in [-0.4, -0.2) is 24.8 Å². The highest BCUT2D eigenvalue weighted by molar-refractivity contribution is 6.28. The first-order valence-electron chi connectivity index (χ1n) is 5.26. The number of aliphatic imine (C=N–C) groups is 1. The molecule has 4 nitrogen and oxygen atoms in total. The maximum absolute atomic E-state index is 5.60. The minimum atomic E-state index is 0.256. The van der Waals surface area contributed by atoms with Gasteiger partial charge < -0.3 is 16.4 Å². The van der Waals surface area contributed by atoms with E-state index in [4.69, 9.17) is 17.3 Å². The Morgan fingerprint density at radius 3 is 3.12 bits per heavy atom. The molecule has 1 heterocycles. The van der Waals surface area contributed by atoms with E-state index in [2.05, 4.69) is 21.7 Å². The largest absolute Gasteiger partial charge is 0.386 e. The molecule has 0 saturated heterocycles. The van der Waals surface area contributed by atoms with Crippen molar-refractivity contribution in [2.75, 3.05) is 24.3 Å². The molecule has 0 fully saturated rings. The van der Waals surface area contributed by atoms with Gasteiger partial charge in [0.1, 0.15) is 5.84 Å². The van der Waals surface area contributed by atoms with Crippen LogP contribution in [-0.2, 0) is 6.54 Å². The highest BCUT2D eigenvalue weighted by Gasteiger charge is 2.06. The Hall–Kier alpha value is -1.26. The van der Waals surface area contributed by atoms with Crippen molar-refractivity contribution in [1.82, 2.24) is 5.32 Å². The smallest absolute Gasteiger partial charge is 0.115 e. The second-order valence-electron chi connectivity index (χ2n) is 3.68. The van der Waals surface area contributed by atoms with Crippen molar-refractivity contribution in [2.24, 2.45) is 10.7 Å². The monoisotopic (exact) mass is 238 g/mol. The van der Waals surface area contributed by atoms with Gasteiger partial charge >= 0.3 is 0 Å². The number of hydrogen-bond acceptors (Lipinski definition) is 3. The molecule has 86 valence electrons. The number of nitrogens with one attached hydrogen (secondary N) is 2. The fraction of sp³-hybridized carbons (Fsp3) is 0.364. The van der Waals surface area contributed by atoms with Gasteiger partial charge in [0.15, 0.2) is 0 Å². The summed E-state index contributed by atoms with van der Waals surface area (Å²) in [6.07, 6.45) is 0. The summed E-state index contributed by atoms with van der Waals surface area (Å²) >= 11 is 5.59. The summed E-state index contributed by atoms with van der Waals surface area (Å²) in [7, 11) is 0. The number of fused-ring (bicyclic) bond motifs is 1. The van der Waals surface area contributed by atoms with Gasteiger partial charge in [0.2, 0.25) is 0 Å². The standard InChI is InChI=1S/C11H15ClN4/c12-6-11(13)16-9-2-1-8-7-14-3-4-15-10(8)5-9/h1-2,5,14-15H,3-4,6-7H2,(H2,13,16). The molecule has 0 aliphatic carbocycles. The Morgan fingerprint density at radius 1 is 1.44 bits per heavy atom. The van der Waals surface area contributed by atoms with Gasteiger partial charge in [0.05, 0.1) is 11.6 Å². The normalized spacial score (nSPS) is 16.2. The summed E-state index contributed by atoms with van der Waals surface area (Å²) in [5, 5.41) is 6.68.